The van der Waals surface area contributed by atoms with Gasteiger partial charge in [0.05, 0.1) is 0 Å². The average Bonchev–Trinajstić information content (AvgIpc) is 2.71. The summed E-state index contributed by atoms with van der Waals surface area (Å²) < 4.78 is 0. The fraction of sp³-hybridized carbons (Fsp3) is 0.120. The molecule has 4 aromatic carbocycles. The topological polar surface area (TPSA) is 12.0 Å². The molecular weight excluding hydrogens is 350 g/mol. The SMILES string of the molecule is Clc1cccc(CCNCc2cccc(-c3cccc4ccccc34)c2)c1. The first-order chi connectivity index (χ1) is 13.3. The molecule has 0 radical (unpaired) electrons. The van der Waals surface area contributed by atoms with E-state index in [2.05, 4.69) is 78.1 Å². The largest absolute Gasteiger partial charge is 0.312 e. The summed E-state index contributed by atoms with van der Waals surface area (Å²) in [6, 6.07) is 31.9. The third-order valence-electron chi connectivity index (χ3n) is 4.84. The van der Waals surface area contributed by atoms with Crippen LogP contribution in [0.1, 0.15) is 11.1 Å². The van der Waals surface area contributed by atoms with Crippen LogP contribution in [0.5, 0.6) is 0 Å². The van der Waals surface area contributed by atoms with E-state index in [0.29, 0.717) is 0 Å². The van der Waals surface area contributed by atoms with Crippen molar-refractivity contribution in [2.75, 3.05) is 6.54 Å². The smallest absolute Gasteiger partial charge is 0.0408 e. The lowest BCUT2D eigenvalue weighted by molar-refractivity contribution is 0.687. The van der Waals surface area contributed by atoms with Gasteiger partial charge in [0.1, 0.15) is 0 Å². The second-order valence-corrected chi connectivity index (χ2v) is 7.22. The Hall–Kier alpha value is -2.61. The maximum atomic E-state index is 6.05. The molecule has 0 saturated heterocycles. The van der Waals surface area contributed by atoms with Crippen molar-refractivity contribution >= 4 is 22.4 Å². The van der Waals surface area contributed by atoms with Crippen molar-refractivity contribution in [1.82, 2.24) is 5.32 Å². The molecule has 1 N–H and O–H groups in total. The summed E-state index contributed by atoms with van der Waals surface area (Å²) in [4.78, 5) is 0. The molecule has 0 fully saturated rings. The van der Waals surface area contributed by atoms with Crippen molar-refractivity contribution in [2.45, 2.75) is 13.0 Å². The first-order valence-corrected chi connectivity index (χ1v) is 9.70. The van der Waals surface area contributed by atoms with E-state index in [4.69, 9.17) is 11.6 Å². The molecule has 0 heterocycles. The first kappa shape index (κ1) is 17.8. The minimum atomic E-state index is 0.801. The van der Waals surface area contributed by atoms with Crippen molar-refractivity contribution in [1.29, 1.82) is 0 Å². The van der Waals surface area contributed by atoms with E-state index in [-0.39, 0.29) is 0 Å². The van der Waals surface area contributed by atoms with E-state index in [0.717, 1.165) is 24.5 Å². The number of fused-ring (bicyclic) bond motifs is 1. The first-order valence-electron chi connectivity index (χ1n) is 9.32. The van der Waals surface area contributed by atoms with Gasteiger partial charge in [-0.05, 0) is 64.2 Å². The molecule has 0 amide bonds. The summed E-state index contributed by atoms with van der Waals surface area (Å²) in [5.41, 5.74) is 5.11. The maximum absolute atomic E-state index is 6.05. The van der Waals surface area contributed by atoms with Gasteiger partial charge in [0.15, 0.2) is 0 Å². The van der Waals surface area contributed by atoms with E-state index >= 15 is 0 Å². The van der Waals surface area contributed by atoms with Gasteiger partial charge in [-0.15, -0.1) is 0 Å². The van der Waals surface area contributed by atoms with Crippen molar-refractivity contribution in [3.63, 3.8) is 0 Å². The molecule has 0 bridgehead atoms. The molecule has 0 spiro atoms. The summed E-state index contributed by atoms with van der Waals surface area (Å²) in [6.45, 7) is 1.79. The van der Waals surface area contributed by atoms with Gasteiger partial charge in [0.25, 0.3) is 0 Å². The fourth-order valence-electron chi connectivity index (χ4n) is 3.48. The molecule has 0 aliphatic rings. The van der Waals surface area contributed by atoms with Crippen molar-refractivity contribution in [3.05, 3.63) is 107 Å². The van der Waals surface area contributed by atoms with E-state index in [1.54, 1.807) is 0 Å². The van der Waals surface area contributed by atoms with Crippen LogP contribution in [0, 0.1) is 0 Å². The van der Waals surface area contributed by atoms with Crippen LogP contribution in [-0.2, 0) is 13.0 Å². The Bertz CT molecular complexity index is 1050. The standard InChI is InChI=1S/C25H22ClN/c26-23-11-4-6-19(17-23)14-15-27-18-20-7-3-10-22(16-20)25-13-5-9-21-8-1-2-12-24(21)25/h1-13,16-17,27H,14-15,18H2. The summed E-state index contributed by atoms with van der Waals surface area (Å²) in [6.07, 6.45) is 0.976. The number of hydrogen-bond acceptors (Lipinski definition) is 1. The highest BCUT2D eigenvalue weighted by molar-refractivity contribution is 6.30. The molecule has 0 unspecified atom stereocenters. The van der Waals surface area contributed by atoms with Crippen LogP contribution in [0.3, 0.4) is 0 Å². The van der Waals surface area contributed by atoms with Gasteiger partial charge in [-0.2, -0.15) is 0 Å². The number of benzene rings is 4. The normalized spacial score (nSPS) is 11.0. The molecule has 2 heteroatoms. The van der Waals surface area contributed by atoms with Crippen molar-refractivity contribution < 1.29 is 0 Å². The summed E-state index contributed by atoms with van der Waals surface area (Å²) in [5, 5.41) is 6.92. The van der Waals surface area contributed by atoms with Gasteiger partial charge in [0.2, 0.25) is 0 Å². The summed E-state index contributed by atoms with van der Waals surface area (Å²) >= 11 is 6.05. The second kappa shape index (κ2) is 8.39. The van der Waals surface area contributed by atoms with E-state index in [1.165, 1.54) is 33.0 Å². The Morgan fingerprint density at radius 2 is 1.48 bits per heavy atom. The Morgan fingerprint density at radius 3 is 2.41 bits per heavy atom. The lowest BCUT2D eigenvalue weighted by Crippen LogP contribution is -2.16. The zero-order chi connectivity index (χ0) is 18.5. The zero-order valence-electron chi connectivity index (χ0n) is 15.2. The van der Waals surface area contributed by atoms with Crippen LogP contribution in [0.2, 0.25) is 5.02 Å². The number of hydrogen-bond donors (Lipinski definition) is 1. The predicted molar refractivity (Wildman–Crippen MR) is 116 cm³/mol. The monoisotopic (exact) mass is 371 g/mol. The molecular formula is C25H22ClN. The highest BCUT2D eigenvalue weighted by Crippen LogP contribution is 2.29. The fourth-order valence-corrected chi connectivity index (χ4v) is 3.70. The number of halogens is 1. The molecule has 0 aliphatic heterocycles. The molecule has 134 valence electrons. The minimum Gasteiger partial charge on any atom is -0.312 e. The Labute approximate surface area is 165 Å². The second-order valence-electron chi connectivity index (χ2n) is 6.78. The van der Waals surface area contributed by atoms with Crippen LogP contribution in [0.25, 0.3) is 21.9 Å². The highest BCUT2D eigenvalue weighted by Gasteiger charge is 2.04. The van der Waals surface area contributed by atoms with Gasteiger partial charge in [-0.3, -0.25) is 0 Å². The quantitative estimate of drug-likeness (QED) is 0.382. The minimum absolute atomic E-state index is 0.801. The average molecular weight is 372 g/mol. The molecule has 1 nitrogen and oxygen atoms in total. The Morgan fingerprint density at radius 1 is 0.704 bits per heavy atom. The zero-order valence-corrected chi connectivity index (χ0v) is 15.9. The Kier molecular flexibility index (Phi) is 5.53. The van der Waals surface area contributed by atoms with Crippen LogP contribution in [-0.4, -0.2) is 6.54 Å². The van der Waals surface area contributed by atoms with Gasteiger partial charge in [-0.1, -0.05) is 84.4 Å². The summed E-state index contributed by atoms with van der Waals surface area (Å²) in [7, 11) is 0. The molecule has 0 saturated carbocycles. The molecule has 27 heavy (non-hydrogen) atoms. The lowest BCUT2D eigenvalue weighted by Gasteiger charge is -2.10. The maximum Gasteiger partial charge on any atom is 0.0408 e. The molecule has 0 aliphatic carbocycles. The van der Waals surface area contributed by atoms with Crippen LogP contribution in [0.4, 0.5) is 0 Å². The molecule has 0 atom stereocenters. The lowest BCUT2D eigenvalue weighted by atomic mass is 9.97. The third-order valence-corrected chi connectivity index (χ3v) is 5.07. The molecule has 4 rings (SSSR count). The van der Waals surface area contributed by atoms with E-state index in [1.807, 2.05) is 18.2 Å². The van der Waals surface area contributed by atoms with Crippen LogP contribution < -0.4 is 5.32 Å². The van der Waals surface area contributed by atoms with Crippen molar-refractivity contribution in [2.24, 2.45) is 0 Å². The predicted octanol–water partition coefficient (Wildman–Crippen LogP) is 6.49. The Balaban J connectivity index is 1.45. The number of rotatable bonds is 6. The highest BCUT2D eigenvalue weighted by atomic mass is 35.5. The van der Waals surface area contributed by atoms with Crippen molar-refractivity contribution in [3.8, 4) is 11.1 Å². The molecule has 0 aromatic heterocycles. The number of nitrogens with one attached hydrogen (secondary N) is 1. The van der Waals surface area contributed by atoms with Gasteiger partial charge in [-0.25, -0.2) is 0 Å². The van der Waals surface area contributed by atoms with Gasteiger partial charge >= 0.3 is 0 Å². The van der Waals surface area contributed by atoms with E-state index in [9.17, 15) is 0 Å². The molecule has 4 aromatic rings. The third kappa shape index (κ3) is 4.39. The van der Waals surface area contributed by atoms with Crippen LogP contribution in [0.15, 0.2) is 91.0 Å². The summed E-state index contributed by atoms with van der Waals surface area (Å²) in [5.74, 6) is 0. The van der Waals surface area contributed by atoms with E-state index < -0.39 is 0 Å². The van der Waals surface area contributed by atoms with Gasteiger partial charge in [0, 0.05) is 11.6 Å². The van der Waals surface area contributed by atoms with Gasteiger partial charge < -0.3 is 5.32 Å². The van der Waals surface area contributed by atoms with Crippen LogP contribution >= 0.6 is 11.6 Å².